The lowest BCUT2D eigenvalue weighted by Gasteiger charge is -2.40. The molecular formula is C12H23NO2. The molecule has 1 aliphatic rings. The minimum absolute atomic E-state index is 0.244. The predicted molar refractivity (Wildman–Crippen MR) is 60.9 cm³/mol. The lowest BCUT2D eigenvalue weighted by atomic mass is 9.93. The first-order valence-corrected chi connectivity index (χ1v) is 6.06. The molecule has 2 unspecified atom stereocenters. The number of carboxylic acid groups (broad SMARTS) is 1. The normalized spacial score (nSPS) is 25.5. The van der Waals surface area contributed by atoms with Crippen molar-refractivity contribution in [1.29, 1.82) is 0 Å². The molecule has 1 saturated heterocycles. The van der Waals surface area contributed by atoms with Gasteiger partial charge in [-0.15, -0.1) is 0 Å². The number of nitrogens with zero attached hydrogens (tertiary/aromatic N) is 1. The van der Waals surface area contributed by atoms with E-state index in [0.29, 0.717) is 12.0 Å². The molecule has 1 aliphatic heterocycles. The third kappa shape index (κ3) is 2.94. The Morgan fingerprint density at radius 1 is 1.47 bits per heavy atom. The van der Waals surface area contributed by atoms with E-state index in [1.54, 1.807) is 0 Å². The molecule has 3 heteroatoms. The Morgan fingerprint density at radius 2 is 2.13 bits per heavy atom. The maximum Gasteiger partial charge on any atom is 0.320 e. The van der Waals surface area contributed by atoms with Gasteiger partial charge in [0, 0.05) is 6.04 Å². The van der Waals surface area contributed by atoms with Crippen molar-refractivity contribution in [2.45, 2.75) is 58.5 Å². The number of hydrogen-bond donors (Lipinski definition) is 1. The van der Waals surface area contributed by atoms with E-state index in [1.165, 1.54) is 0 Å². The highest BCUT2D eigenvalue weighted by atomic mass is 16.4. The van der Waals surface area contributed by atoms with E-state index in [4.69, 9.17) is 0 Å². The molecule has 2 atom stereocenters. The van der Waals surface area contributed by atoms with Crippen LogP contribution in [-0.4, -0.2) is 34.6 Å². The Labute approximate surface area is 92.5 Å². The minimum Gasteiger partial charge on any atom is -0.480 e. The zero-order chi connectivity index (χ0) is 11.4. The second-order valence-corrected chi connectivity index (χ2v) is 4.81. The standard InChI is InChI=1S/C12H23NO2/c1-4-10(9(2)3)13-8-6-5-7-11(13)12(14)15/h9-11H,4-8H2,1-3H3,(H,14,15). The monoisotopic (exact) mass is 213 g/mol. The number of likely N-dealkylation sites (tertiary alicyclic amines) is 1. The number of piperidine rings is 1. The van der Waals surface area contributed by atoms with Gasteiger partial charge in [0.1, 0.15) is 6.04 Å². The van der Waals surface area contributed by atoms with Crippen LogP contribution >= 0.6 is 0 Å². The first-order valence-electron chi connectivity index (χ1n) is 6.06. The van der Waals surface area contributed by atoms with Gasteiger partial charge in [-0.2, -0.15) is 0 Å². The van der Waals surface area contributed by atoms with Crippen molar-refractivity contribution in [2.24, 2.45) is 5.92 Å². The van der Waals surface area contributed by atoms with Crippen LogP contribution < -0.4 is 0 Å². The average molecular weight is 213 g/mol. The topological polar surface area (TPSA) is 40.5 Å². The van der Waals surface area contributed by atoms with Gasteiger partial charge in [-0.05, 0) is 31.7 Å². The quantitative estimate of drug-likeness (QED) is 0.779. The van der Waals surface area contributed by atoms with E-state index < -0.39 is 5.97 Å². The van der Waals surface area contributed by atoms with E-state index >= 15 is 0 Å². The van der Waals surface area contributed by atoms with Crippen LogP contribution in [0.2, 0.25) is 0 Å². The van der Waals surface area contributed by atoms with Crippen LogP contribution in [0.25, 0.3) is 0 Å². The molecule has 1 heterocycles. The molecule has 0 amide bonds. The van der Waals surface area contributed by atoms with Crippen molar-refractivity contribution in [3.63, 3.8) is 0 Å². The highest BCUT2D eigenvalue weighted by Gasteiger charge is 2.33. The maximum absolute atomic E-state index is 11.2. The van der Waals surface area contributed by atoms with Crippen molar-refractivity contribution in [1.82, 2.24) is 4.90 Å². The van der Waals surface area contributed by atoms with Gasteiger partial charge >= 0.3 is 5.97 Å². The Bertz CT molecular complexity index is 216. The summed E-state index contributed by atoms with van der Waals surface area (Å²) in [4.78, 5) is 13.4. The van der Waals surface area contributed by atoms with E-state index in [9.17, 15) is 9.90 Å². The van der Waals surface area contributed by atoms with Gasteiger partial charge in [0.05, 0.1) is 0 Å². The molecule has 1 rings (SSSR count). The zero-order valence-electron chi connectivity index (χ0n) is 10.1. The molecule has 0 aliphatic carbocycles. The summed E-state index contributed by atoms with van der Waals surface area (Å²) in [6.07, 6.45) is 4.06. The number of hydrogen-bond acceptors (Lipinski definition) is 2. The van der Waals surface area contributed by atoms with Crippen molar-refractivity contribution >= 4 is 5.97 Å². The van der Waals surface area contributed by atoms with Gasteiger partial charge in [0.25, 0.3) is 0 Å². The molecule has 0 aromatic carbocycles. The number of aliphatic carboxylic acids is 1. The molecule has 0 aromatic heterocycles. The van der Waals surface area contributed by atoms with Gasteiger partial charge in [0.15, 0.2) is 0 Å². The molecule has 0 radical (unpaired) electrons. The largest absolute Gasteiger partial charge is 0.480 e. The number of carboxylic acids is 1. The van der Waals surface area contributed by atoms with Gasteiger partial charge in [-0.25, -0.2) is 0 Å². The summed E-state index contributed by atoms with van der Waals surface area (Å²) in [6, 6.07) is 0.178. The smallest absolute Gasteiger partial charge is 0.320 e. The fourth-order valence-electron chi connectivity index (χ4n) is 2.70. The van der Waals surface area contributed by atoms with Crippen LogP contribution in [0.15, 0.2) is 0 Å². The van der Waals surface area contributed by atoms with Crippen molar-refractivity contribution < 1.29 is 9.90 Å². The highest BCUT2D eigenvalue weighted by molar-refractivity contribution is 5.73. The highest BCUT2D eigenvalue weighted by Crippen LogP contribution is 2.24. The van der Waals surface area contributed by atoms with Crippen LogP contribution in [0.3, 0.4) is 0 Å². The summed E-state index contributed by atoms with van der Waals surface area (Å²) in [5.41, 5.74) is 0. The van der Waals surface area contributed by atoms with Crippen molar-refractivity contribution in [3.05, 3.63) is 0 Å². The van der Waals surface area contributed by atoms with Crippen molar-refractivity contribution in [3.8, 4) is 0 Å². The lowest BCUT2D eigenvalue weighted by molar-refractivity contribution is -0.146. The third-order valence-corrected chi connectivity index (χ3v) is 3.44. The van der Waals surface area contributed by atoms with Gasteiger partial charge < -0.3 is 5.11 Å². The zero-order valence-corrected chi connectivity index (χ0v) is 10.1. The fourth-order valence-corrected chi connectivity index (χ4v) is 2.70. The first kappa shape index (κ1) is 12.5. The van der Waals surface area contributed by atoms with Gasteiger partial charge in [-0.1, -0.05) is 27.2 Å². The maximum atomic E-state index is 11.2. The Morgan fingerprint density at radius 3 is 2.60 bits per heavy atom. The molecule has 88 valence electrons. The van der Waals surface area contributed by atoms with Crippen LogP contribution in [0.1, 0.15) is 46.5 Å². The SMILES string of the molecule is CCC(C(C)C)N1CCCCC1C(=O)O. The molecule has 0 spiro atoms. The second kappa shape index (κ2) is 5.50. The molecule has 0 aromatic rings. The van der Waals surface area contributed by atoms with E-state index in [1.807, 2.05) is 0 Å². The summed E-state index contributed by atoms with van der Waals surface area (Å²) in [5.74, 6) is -0.108. The van der Waals surface area contributed by atoms with E-state index in [-0.39, 0.29) is 6.04 Å². The van der Waals surface area contributed by atoms with E-state index in [0.717, 1.165) is 32.2 Å². The average Bonchev–Trinajstić information content (AvgIpc) is 2.18. The molecule has 3 nitrogen and oxygen atoms in total. The van der Waals surface area contributed by atoms with E-state index in [2.05, 4.69) is 25.7 Å². The van der Waals surface area contributed by atoms with Gasteiger partial charge in [-0.3, -0.25) is 9.69 Å². The van der Waals surface area contributed by atoms with Crippen LogP contribution in [0.5, 0.6) is 0 Å². The number of carbonyl (C=O) groups is 1. The second-order valence-electron chi connectivity index (χ2n) is 4.81. The summed E-state index contributed by atoms with van der Waals surface area (Å²) in [7, 11) is 0. The first-order chi connectivity index (χ1) is 7.07. The Balaban J connectivity index is 2.73. The molecule has 1 N–H and O–H groups in total. The van der Waals surface area contributed by atoms with Gasteiger partial charge in [0.2, 0.25) is 0 Å². The fraction of sp³-hybridized carbons (Fsp3) is 0.917. The minimum atomic E-state index is -0.645. The third-order valence-electron chi connectivity index (χ3n) is 3.44. The molecule has 15 heavy (non-hydrogen) atoms. The lowest BCUT2D eigenvalue weighted by Crippen LogP contribution is -2.51. The summed E-state index contributed by atoms with van der Waals surface area (Å²) in [5, 5.41) is 9.19. The molecule has 0 bridgehead atoms. The number of rotatable bonds is 4. The predicted octanol–water partition coefficient (Wildman–Crippen LogP) is 2.36. The van der Waals surface area contributed by atoms with Crippen LogP contribution in [0.4, 0.5) is 0 Å². The molecular weight excluding hydrogens is 190 g/mol. The summed E-state index contributed by atoms with van der Waals surface area (Å²) in [6.45, 7) is 7.47. The summed E-state index contributed by atoms with van der Waals surface area (Å²) >= 11 is 0. The van der Waals surface area contributed by atoms with Crippen LogP contribution in [-0.2, 0) is 4.79 Å². The van der Waals surface area contributed by atoms with Crippen molar-refractivity contribution in [2.75, 3.05) is 6.54 Å². The Kier molecular flexibility index (Phi) is 4.58. The molecule has 0 saturated carbocycles. The Hall–Kier alpha value is -0.570. The van der Waals surface area contributed by atoms with Crippen LogP contribution in [0, 0.1) is 5.92 Å². The molecule has 1 fully saturated rings. The summed E-state index contributed by atoms with van der Waals surface area (Å²) < 4.78 is 0.